The van der Waals surface area contributed by atoms with Crippen molar-refractivity contribution in [3.8, 4) is 5.75 Å². The van der Waals surface area contributed by atoms with Crippen LogP contribution in [-0.4, -0.2) is 27.6 Å². The summed E-state index contributed by atoms with van der Waals surface area (Å²) >= 11 is 0. The predicted molar refractivity (Wildman–Crippen MR) is 66.3 cm³/mol. The lowest BCUT2D eigenvalue weighted by atomic mass is 10.1. The van der Waals surface area contributed by atoms with Crippen LogP contribution in [0.1, 0.15) is 33.4 Å². The van der Waals surface area contributed by atoms with E-state index in [1.807, 2.05) is 6.07 Å². The molecule has 0 amide bonds. The highest BCUT2D eigenvalue weighted by Crippen LogP contribution is 2.11. The van der Waals surface area contributed by atoms with Gasteiger partial charge in [-0.15, -0.1) is 0 Å². The molecule has 0 bridgehead atoms. The Morgan fingerprint density at radius 2 is 1.94 bits per heavy atom. The largest absolute Gasteiger partial charge is 0.506 e. The second kappa shape index (κ2) is 5.85. The van der Waals surface area contributed by atoms with Gasteiger partial charge in [-0.25, -0.2) is 0 Å². The second-order valence-electron chi connectivity index (χ2n) is 4.92. The molecule has 16 heavy (non-hydrogen) atoms. The molecule has 0 aromatic carbocycles. The number of aromatic hydroxyl groups is 1. The summed E-state index contributed by atoms with van der Waals surface area (Å²) in [6.45, 7) is 10.8. The third-order valence-corrected chi connectivity index (χ3v) is 2.50. The summed E-state index contributed by atoms with van der Waals surface area (Å²) in [5.74, 6) is 0.878. The Labute approximate surface area is 98.1 Å². The maximum Gasteiger partial charge on any atom is 0.133 e. The maximum atomic E-state index is 9.17. The fraction of sp³-hybridized carbons (Fsp3) is 0.615. The summed E-state index contributed by atoms with van der Waals surface area (Å²) in [6.07, 6.45) is 1.50. The van der Waals surface area contributed by atoms with Crippen LogP contribution >= 0.6 is 0 Å². The summed E-state index contributed by atoms with van der Waals surface area (Å²) in [5, 5.41) is 9.17. The molecule has 1 N–H and O–H groups in total. The molecule has 0 atom stereocenters. The van der Waals surface area contributed by atoms with Crippen molar-refractivity contribution in [2.24, 2.45) is 5.92 Å². The van der Waals surface area contributed by atoms with E-state index in [0.29, 0.717) is 12.0 Å². The zero-order valence-corrected chi connectivity index (χ0v) is 10.6. The molecule has 0 aliphatic rings. The molecular formula is C13H22N2O. The van der Waals surface area contributed by atoms with Crippen molar-refractivity contribution in [3.63, 3.8) is 0 Å². The third-order valence-electron chi connectivity index (χ3n) is 2.50. The van der Waals surface area contributed by atoms with Crippen LogP contribution in [0.3, 0.4) is 0 Å². The van der Waals surface area contributed by atoms with Crippen molar-refractivity contribution < 1.29 is 5.11 Å². The maximum absolute atomic E-state index is 9.17. The molecule has 0 saturated heterocycles. The van der Waals surface area contributed by atoms with Crippen molar-refractivity contribution in [2.45, 2.75) is 40.3 Å². The first-order chi connectivity index (χ1) is 7.49. The monoisotopic (exact) mass is 222 g/mol. The summed E-state index contributed by atoms with van der Waals surface area (Å²) in [6, 6.07) is 4.08. The van der Waals surface area contributed by atoms with Gasteiger partial charge < -0.3 is 5.11 Å². The van der Waals surface area contributed by atoms with Crippen molar-refractivity contribution in [2.75, 3.05) is 6.54 Å². The first-order valence-corrected chi connectivity index (χ1v) is 5.87. The zero-order chi connectivity index (χ0) is 12.1. The van der Waals surface area contributed by atoms with E-state index in [1.54, 1.807) is 6.07 Å². The van der Waals surface area contributed by atoms with Crippen molar-refractivity contribution in [1.29, 1.82) is 0 Å². The van der Waals surface area contributed by atoms with E-state index in [9.17, 15) is 0 Å². The topological polar surface area (TPSA) is 36.4 Å². The van der Waals surface area contributed by atoms with Crippen LogP contribution in [0.2, 0.25) is 0 Å². The molecule has 1 aromatic rings. The molecular weight excluding hydrogens is 200 g/mol. The van der Waals surface area contributed by atoms with Crippen molar-refractivity contribution in [3.05, 3.63) is 24.0 Å². The standard InChI is InChI=1S/C13H22N2O/c1-10(2)8-15(11(3)4)9-12-5-6-13(16)7-14-12/h5-7,10-11,16H,8-9H2,1-4H3. The molecule has 0 fully saturated rings. The van der Waals surface area contributed by atoms with Crippen LogP contribution in [0.25, 0.3) is 0 Å². The Balaban J connectivity index is 2.64. The predicted octanol–water partition coefficient (Wildman–Crippen LogP) is 2.65. The zero-order valence-electron chi connectivity index (χ0n) is 10.6. The minimum Gasteiger partial charge on any atom is -0.506 e. The van der Waals surface area contributed by atoms with Gasteiger partial charge in [0.1, 0.15) is 5.75 Å². The number of hydrogen-bond donors (Lipinski definition) is 1. The van der Waals surface area contributed by atoms with E-state index in [2.05, 4.69) is 37.6 Å². The molecule has 3 heteroatoms. The van der Waals surface area contributed by atoms with Crippen molar-refractivity contribution in [1.82, 2.24) is 9.88 Å². The van der Waals surface area contributed by atoms with Gasteiger partial charge in [0.15, 0.2) is 0 Å². The Morgan fingerprint density at radius 1 is 1.25 bits per heavy atom. The van der Waals surface area contributed by atoms with Crippen LogP contribution in [0.4, 0.5) is 0 Å². The van der Waals surface area contributed by atoms with Gasteiger partial charge in [-0.05, 0) is 31.9 Å². The molecule has 1 heterocycles. The summed E-state index contributed by atoms with van der Waals surface area (Å²) in [5.41, 5.74) is 1.01. The Kier molecular flexibility index (Phi) is 4.74. The number of pyridine rings is 1. The fourth-order valence-electron chi connectivity index (χ4n) is 1.65. The highest BCUT2D eigenvalue weighted by atomic mass is 16.3. The fourth-order valence-corrected chi connectivity index (χ4v) is 1.65. The quantitative estimate of drug-likeness (QED) is 0.832. The van der Waals surface area contributed by atoms with E-state index >= 15 is 0 Å². The number of rotatable bonds is 5. The Bertz CT molecular complexity index is 306. The first-order valence-electron chi connectivity index (χ1n) is 5.87. The average molecular weight is 222 g/mol. The van der Waals surface area contributed by atoms with E-state index in [4.69, 9.17) is 5.11 Å². The van der Waals surface area contributed by atoms with Crippen molar-refractivity contribution >= 4 is 0 Å². The highest BCUT2D eigenvalue weighted by molar-refractivity contribution is 5.17. The van der Waals surface area contributed by atoms with Gasteiger partial charge in [0, 0.05) is 19.1 Å². The van der Waals surface area contributed by atoms with Gasteiger partial charge in [-0.1, -0.05) is 13.8 Å². The Morgan fingerprint density at radius 3 is 2.38 bits per heavy atom. The lowest BCUT2D eigenvalue weighted by Gasteiger charge is -2.27. The molecule has 0 radical (unpaired) electrons. The van der Waals surface area contributed by atoms with E-state index in [-0.39, 0.29) is 5.75 Å². The molecule has 0 aliphatic carbocycles. The van der Waals surface area contributed by atoms with Crippen LogP contribution in [0, 0.1) is 5.92 Å². The van der Waals surface area contributed by atoms with Crippen LogP contribution < -0.4 is 0 Å². The third kappa shape index (κ3) is 4.19. The summed E-state index contributed by atoms with van der Waals surface area (Å²) < 4.78 is 0. The van der Waals surface area contributed by atoms with Gasteiger partial charge in [0.05, 0.1) is 11.9 Å². The lowest BCUT2D eigenvalue weighted by Crippen LogP contribution is -2.33. The smallest absolute Gasteiger partial charge is 0.133 e. The van der Waals surface area contributed by atoms with Gasteiger partial charge in [0.2, 0.25) is 0 Å². The minimum absolute atomic E-state index is 0.226. The summed E-state index contributed by atoms with van der Waals surface area (Å²) in [7, 11) is 0. The van der Waals surface area contributed by atoms with Gasteiger partial charge in [-0.3, -0.25) is 9.88 Å². The number of aromatic nitrogens is 1. The first kappa shape index (κ1) is 13.0. The van der Waals surface area contributed by atoms with E-state index < -0.39 is 0 Å². The second-order valence-corrected chi connectivity index (χ2v) is 4.92. The van der Waals surface area contributed by atoms with Crippen LogP contribution in [0.15, 0.2) is 18.3 Å². The van der Waals surface area contributed by atoms with Gasteiger partial charge >= 0.3 is 0 Å². The molecule has 0 unspecified atom stereocenters. The molecule has 0 aliphatic heterocycles. The number of nitrogens with zero attached hydrogens (tertiary/aromatic N) is 2. The van der Waals surface area contributed by atoms with Gasteiger partial charge in [0.25, 0.3) is 0 Å². The molecule has 3 nitrogen and oxygen atoms in total. The minimum atomic E-state index is 0.226. The molecule has 90 valence electrons. The number of hydrogen-bond acceptors (Lipinski definition) is 3. The van der Waals surface area contributed by atoms with E-state index in [1.165, 1.54) is 6.20 Å². The molecule has 1 rings (SSSR count). The molecule has 0 spiro atoms. The van der Waals surface area contributed by atoms with Crippen LogP contribution in [0.5, 0.6) is 5.75 Å². The SMILES string of the molecule is CC(C)CN(Cc1ccc(O)cn1)C(C)C. The summed E-state index contributed by atoms with van der Waals surface area (Å²) in [4.78, 5) is 6.61. The average Bonchev–Trinajstić information content (AvgIpc) is 2.19. The van der Waals surface area contributed by atoms with Crippen LogP contribution in [-0.2, 0) is 6.54 Å². The highest BCUT2D eigenvalue weighted by Gasteiger charge is 2.12. The normalized spacial score (nSPS) is 11.7. The van der Waals surface area contributed by atoms with E-state index in [0.717, 1.165) is 18.8 Å². The van der Waals surface area contributed by atoms with Gasteiger partial charge in [-0.2, -0.15) is 0 Å². The Hall–Kier alpha value is -1.09. The molecule has 1 aromatic heterocycles. The lowest BCUT2D eigenvalue weighted by molar-refractivity contribution is 0.187. The molecule has 0 saturated carbocycles.